The molecule has 0 saturated heterocycles. The van der Waals surface area contributed by atoms with Crippen molar-refractivity contribution in [3.05, 3.63) is 29.3 Å². The first kappa shape index (κ1) is 13.6. The number of rotatable bonds is 3. The summed E-state index contributed by atoms with van der Waals surface area (Å²) in [5, 5.41) is 20.5. The van der Waals surface area contributed by atoms with Crippen LogP contribution in [-0.4, -0.2) is 28.6 Å². The first-order valence-corrected chi connectivity index (χ1v) is 5.98. The molecule has 6 nitrogen and oxygen atoms in total. The molecule has 1 atom stereocenters. The zero-order valence-electron chi connectivity index (χ0n) is 10.8. The SMILES string of the molecule is CC1(C)OCc2cc([C@H](O)CNC(=O)O)ccc2O1. The van der Waals surface area contributed by atoms with Crippen LogP contribution in [-0.2, 0) is 11.3 Å². The van der Waals surface area contributed by atoms with E-state index in [0.717, 1.165) is 11.3 Å². The van der Waals surface area contributed by atoms with Gasteiger partial charge in [0.1, 0.15) is 5.75 Å². The van der Waals surface area contributed by atoms with Gasteiger partial charge in [-0.1, -0.05) is 6.07 Å². The van der Waals surface area contributed by atoms with Crippen molar-refractivity contribution in [2.45, 2.75) is 32.3 Å². The van der Waals surface area contributed by atoms with Crippen molar-refractivity contribution in [1.82, 2.24) is 5.32 Å². The second-order valence-electron chi connectivity index (χ2n) is 4.86. The summed E-state index contributed by atoms with van der Waals surface area (Å²) in [7, 11) is 0. The molecule has 3 N–H and O–H groups in total. The summed E-state index contributed by atoms with van der Waals surface area (Å²) in [5.41, 5.74) is 1.46. The quantitative estimate of drug-likeness (QED) is 0.774. The van der Waals surface area contributed by atoms with Crippen LogP contribution in [0, 0.1) is 0 Å². The number of amides is 1. The van der Waals surface area contributed by atoms with Gasteiger partial charge in [0, 0.05) is 19.4 Å². The van der Waals surface area contributed by atoms with Gasteiger partial charge in [0.2, 0.25) is 5.79 Å². The summed E-state index contributed by atoms with van der Waals surface area (Å²) in [6.07, 6.45) is -2.05. The van der Waals surface area contributed by atoms with Gasteiger partial charge in [-0.25, -0.2) is 4.79 Å². The Kier molecular flexibility index (Phi) is 3.64. The van der Waals surface area contributed by atoms with Crippen LogP contribution in [0.3, 0.4) is 0 Å². The summed E-state index contributed by atoms with van der Waals surface area (Å²) in [6, 6.07) is 5.24. The molecule has 6 heteroatoms. The number of nitrogens with one attached hydrogen (secondary N) is 1. The Bertz CT molecular complexity index is 486. The molecule has 1 heterocycles. The number of aliphatic hydroxyl groups is 1. The number of aliphatic hydroxyl groups excluding tert-OH is 1. The average molecular weight is 267 g/mol. The number of carbonyl (C=O) groups is 1. The molecule has 1 aromatic carbocycles. The molecule has 0 unspecified atom stereocenters. The fraction of sp³-hybridized carbons (Fsp3) is 0.462. The molecular weight excluding hydrogens is 250 g/mol. The van der Waals surface area contributed by atoms with Crippen LogP contribution < -0.4 is 10.1 Å². The van der Waals surface area contributed by atoms with Crippen molar-refractivity contribution >= 4 is 6.09 Å². The van der Waals surface area contributed by atoms with Crippen LogP contribution in [0.1, 0.15) is 31.1 Å². The highest BCUT2D eigenvalue weighted by Gasteiger charge is 2.27. The predicted molar refractivity (Wildman–Crippen MR) is 66.9 cm³/mol. The Balaban J connectivity index is 2.11. The van der Waals surface area contributed by atoms with E-state index >= 15 is 0 Å². The predicted octanol–water partition coefficient (Wildman–Crippen LogP) is 1.63. The van der Waals surface area contributed by atoms with Crippen molar-refractivity contribution in [3.8, 4) is 5.75 Å². The third-order valence-corrected chi connectivity index (χ3v) is 2.85. The normalized spacial score (nSPS) is 18.1. The van der Waals surface area contributed by atoms with E-state index in [1.807, 2.05) is 13.8 Å². The second kappa shape index (κ2) is 5.07. The lowest BCUT2D eigenvalue weighted by molar-refractivity contribution is -0.180. The largest absolute Gasteiger partial charge is 0.465 e. The highest BCUT2D eigenvalue weighted by molar-refractivity contribution is 5.64. The minimum absolute atomic E-state index is 0.0542. The van der Waals surface area contributed by atoms with E-state index in [1.54, 1.807) is 18.2 Å². The van der Waals surface area contributed by atoms with Gasteiger partial charge in [-0.2, -0.15) is 0 Å². The standard InChI is InChI=1S/C13H17NO5/c1-13(2)18-7-9-5-8(3-4-11(9)19-13)10(15)6-14-12(16)17/h3-5,10,14-15H,6-7H2,1-2H3,(H,16,17)/t10-/m1/s1. The zero-order valence-corrected chi connectivity index (χ0v) is 10.8. The number of hydrogen-bond donors (Lipinski definition) is 3. The van der Waals surface area contributed by atoms with Crippen molar-refractivity contribution in [2.24, 2.45) is 0 Å². The van der Waals surface area contributed by atoms with Gasteiger partial charge < -0.3 is 25.0 Å². The van der Waals surface area contributed by atoms with Crippen LogP contribution in [0.2, 0.25) is 0 Å². The average Bonchev–Trinajstić information content (AvgIpc) is 2.34. The monoisotopic (exact) mass is 267 g/mol. The topological polar surface area (TPSA) is 88.0 Å². The van der Waals surface area contributed by atoms with Crippen LogP contribution in [0.25, 0.3) is 0 Å². The number of hydrogen-bond acceptors (Lipinski definition) is 4. The molecule has 1 aromatic rings. The Hall–Kier alpha value is -1.79. The molecule has 1 aliphatic heterocycles. The molecule has 104 valence electrons. The number of carboxylic acid groups (broad SMARTS) is 1. The molecule has 0 radical (unpaired) electrons. The first-order valence-electron chi connectivity index (χ1n) is 5.98. The number of fused-ring (bicyclic) bond motifs is 1. The van der Waals surface area contributed by atoms with Gasteiger partial charge in [0.25, 0.3) is 0 Å². The summed E-state index contributed by atoms with van der Waals surface area (Å²) in [5.74, 6) is 0.0660. The molecule has 0 bridgehead atoms. The van der Waals surface area contributed by atoms with Crippen molar-refractivity contribution < 1.29 is 24.5 Å². The molecule has 1 amide bonds. The Labute approximate surface area is 111 Å². The van der Waals surface area contributed by atoms with E-state index in [4.69, 9.17) is 14.6 Å². The van der Waals surface area contributed by atoms with Gasteiger partial charge in [-0.3, -0.25) is 0 Å². The van der Waals surface area contributed by atoms with Gasteiger partial charge in [-0.05, 0) is 17.7 Å². The molecule has 1 aliphatic rings. The van der Waals surface area contributed by atoms with Crippen LogP contribution >= 0.6 is 0 Å². The van der Waals surface area contributed by atoms with Gasteiger partial charge in [0.05, 0.1) is 19.3 Å². The number of ether oxygens (including phenoxy) is 2. The summed E-state index contributed by atoms with van der Waals surface area (Å²) in [4.78, 5) is 10.4. The highest BCUT2D eigenvalue weighted by atomic mass is 16.7. The van der Waals surface area contributed by atoms with Crippen molar-refractivity contribution in [1.29, 1.82) is 0 Å². The fourth-order valence-corrected chi connectivity index (χ4v) is 1.87. The number of benzene rings is 1. The van der Waals surface area contributed by atoms with Crippen molar-refractivity contribution in [3.63, 3.8) is 0 Å². The van der Waals surface area contributed by atoms with E-state index in [1.165, 1.54) is 0 Å². The lowest BCUT2D eigenvalue weighted by Crippen LogP contribution is -2.35. The van der Waals surface area contributed by atoms with Crippen molar-refractivity contribution in [2.75, 3.05) is 6.54 Å². The molecule has 0 saturated carbocycles. The maximum Gasteiger partial charge on any atom is 0.404 e. The summed E-state index contributed by atoms with van der Waals surface area (Å²) < 4.78 is 11.1. The molecular formula is C13H17NO5. The zero-order chi connectivity index (χ0) is 14.0. The van der Waals surface area contributed by atoms with Gasteiger partial charge >= 0.3 is 6.09 Å². The first-order chi connectivity index (χ1) is 8.87. The van der Waals surface area contributed by atoms with E-state index in [9.17, 15) is 9.90 Å². The van der Waals surface area contributed by atoms with Gasteiger partial charge in [0.15, 0.2) is 0 Å². The van der Waals surface area contributed by atoms with Crippen LogP contribution in [0.15, 0.2) is 18.2 Å². The summed E-state index contributed by atoms with van der Waals surface area (Å²) >= 11 is 0. The van der Waals surface area contributed by atoms with Crippen LogP contribution in [0.5, 0.6) is 5.75 Å². The molecule has 19 heavy (non-hydrogen) atoms. The fourth-order valence-electron chi connectivity index (χ4n) is 1.87. The Morgan fingerprint density at radius 3 is 2.95 bits per heavy atom. The minimum Gasteiger partial charge on any atom is -0.465 e. The third-order valence-electron chi connectivity index (χ3n) is 2.85. The van der Waals surface area contributed by atoms with Crippen LogP contribution in [0.4, 0.5) is 4.79 Å². The minimum atomic E-state index is -1.16. The second-order valence-corrected chi connectivity index (χ2v) is 4.86. The molecule has 0 spiro atoms. The molecule has 2 rings (SSSR count). The maximum absolute atomic E-state index is 10.4. The molecule has 0 aromatic heterocycles. The smallest absolute Gasteiger partial charge is 0.404 e. The summed E-state index contributed by atoms with van der Waals surface area (Å²) in [6.45, 7) is 4.00. The van der Waals surface area contributed by atoms with E-state index < -0.39 is 18.0 Å². The molecule has 0 aliphatic carbocycles. The molecule has 0 fully saturated rings. The third kappa shape index (κ3) is 3.36. The Morgan fingerprint density at radius 2 is 2.26 bits per heavy atom. The maximum atomic E-state index is 10.4. The Morgan fingerprint density at radius 1 is 1.53 bits per heavy atom. The van der Waals surface area contributed by atoms with E-state index in [-0.39, 0.29) is 6.54 Å². The highest BCUT2D eigenvalue weighted by Crippen LogP contribution is 2.32. The van der Waals surface area contributed by atoms with Gasteiger partial charge in [-0.15, -0.1) is 0 Å². The lowest BCUT2D eigenvalue weighted by Gasteiger charge is -2.32. The lowest BCUT2D eigenvalue weighted by atomic mass is 10.0. The van der Waals surface area contributed by atoms with E-state index in [0.29, 0.717) is 12.2 Å². The van der Waals surface area contributed by atoms with E-state index in [2.05, 4.69) is 5.32 Å².